The predicted molar refractivity (Wildman–Crippen MR) is 66.5 cm³/mol. The van der Waals surface area contributed by atoms with Crippen LogP contribution in [0.1, 0.15) is 23.7 Å². The molecule has 0 bridgehead atoms. The smallest absolute Gasteiger partial charge is 0.339 e. The number of hydrogen-bond acceptors (Lipinski definition) is 4. The van der Waals surface area contributed by atoms with Crippen LogP contribution in [-0.2, 0) is 4.74 Å². The molecule has 0 aliphatic heterocycles. The number of hydrogen-bond donors (Lipinski definition) is 1. The highest BCUT2D eigenvalue weighted by Crippen LogP contribution is 2.32. The molecular weight excluding hydrogens is 236 g/mol. The largest absolute Gasteiger partial charge is 0.493 e. The molecule has 1 aromatic rings. The lowest BCUT2D eigenvalue weighted by Crippen LogP contribution is -2.16. The van der Waals surface area contributed by atoms with E-state index in [9.17, 15) is 4.79 Å². The van der Waals surface area contributed by atoms with Crippen molar-refractivity contribution in [3.05, 3.63) is 23.8 Å². The van der Waals surface area contributed by atoms with Crippen LogP contribution >= 0.6 is 0 Å². The third-order valence-electron chi connectivity index (χ3n) is 2.48. The van der Waals surface area contributed by atoms with Crippen molar-refractivity contribution < 1.29 is 24.1 Å². The first-order valence-corrected chi connectivity index (χ1v) is 5.66. The van der Waals surface area contributed by atoms with Crippen LogP contribution in [0.5, 0.6) is 11.5 Å². The highest BCUT2D eigenvalue weighted by atomic mass is 16.5. The van der Waals surface area contributed by atoms with Gasteiger partial charge in [-0.3, -0.25) is 0 Å². The van der Waals surface area contributed by atoms with E-state index in [1.54, 1.807) is 19.2 Å². The monoisotopic (exact) mass is 254 g/mol. The average Bonchev–Trinajstić information content (AvgIpc) is 2.36. The van der Waals surface area contributed by atoms with E-state index < -0.39 is 5.97 Å². The molecule has 1 rings (SSSR count). The summed E-state index contributed by atoms with van der Waals surface area (Å²) in [6.07, 6.45) is 0.521. The second-order valence-electron chi connectivity index (χ2n) is 3.85. The maximum atomic E-state index is 11.1. The Labute approximate surface area is 106 Å². The molecule has 0 radical (unpaired) electrons. The van der Waals surface area contributed by atoms with Crippen LogP contribution in [0.15, 0.2) is 18.2 Å². The summed E-state index contributed by atoms with van der Waals surface area (Å²) in [4.78, 5) is 11.1. The van der Waals surface area contributed by atoms with Gasteiger partial charge in [0.05, 0.1) is 13.2 Å². The van der Waals surface area contributed by atoms with Crippen LogP contribution in [0.25, 0.3) is 0 Å². The molecule has 5 heteroatoms. The van der Waals surface area contributed by atoms with Crippen molar-refractivity contribution in [3.63, 3.8) is 0 Å². The maximum Gasteiger partial charge on any atom is 0.339 e. The summed E-state index contributed by atoms with van der Waals surface area (Å²) in [5.74, 6) is -0.363. The highest BCUT2D eigenvalue weighted by Gasteiger charge is 2.18. The molecule has 1 N–H and O–H groups in total. The van der Waals surface area contributed by atoms with Gasteiger partial charge < -0.3 is 19.3 Å². The van der Waals surface area contributed by atoms with Gasteiger partial charge in [-0.15, -0.1) is 0 Å². The molecule has 0 aliphatic carbocycles. The molecule has 0 saturated heterocycles. The van der Waals surface area contributed by atoms with Gasteiger partial charge in [-0.05, 0) is 19.1 Å². The van der Waals surface area contributed by atoms with Gasteiger partial charge in [0.15, 0.2) is 11.5 Å². The summed E-state index contributed by atoms with van der Waals surface area (Å²) < 4.78 is 15.7. The van der Waals surface area contributed by atoms with Crippen LogP contribution in [0.2, 0.25) is 0 Å². The lowest BCUT2D eigenvalue weighted by atomic mass is 10.2. The molecular formula is C13H18O5. The van der Waals surface area contributed by atoms with Crippen molar-refractivity contribution >= 4 is 5.97 Å². The molecule has 0 fully saturated rings. The van der Waals surface area contributed by atoms with Gasteiger partial charge >= 0.3 is 5.97 Å². The van der Waals surface area contributed by atoms with Crippen LogP contribution in [0, 0.1) is 0 Å². The number of methoxy groups -OCH3 is 2. The Balaban J connectivity index is 2.93. The number of para-hydroxylation sites is 1. The molecule has 1 atom stereocenters. The van der Waals surface area contributed by atoms with Gasteiger partial charge in [0.1, 0.15) is 5.56 Å². The molecule has 0 heterocycles. The zero-order valence-electron chi connectivity index (χ0n) is 10.8. The average molecular weight is 254 g/mol. The van der Waals surface area contributed by atoms with E-state index in [0.717, 1.165) is 0 Å². The Bertz CT molecular complexity index is 402. The second kappa shape index (κ2) is 6.86. The molecule has 0 aromatic heterocycles. The minimum Gasteiger partial charge on any atom is -0.493 e. The number of benzene rings is 1. The minimum absolute atomic E-state index is 0.0959. The third kappa shape index (κ3) is 3.63. The van der Waals surface area contributed by atoms with Crippen LogP contribution < -0.4 is 9.47 Å². The molecule has 18 heavy (non-hydrogen) atoms. The highest BCUT2D eigenvalue weighted by molar-refractivity contribution is 5.92. The number of aromatic carboxylic acids is 1. The fourth-order valence-electron chi connectivity index (χ4n) is 1.51. The minimum atomic E-state index is -1.04. The van der Waals surface area contributed by atoms with Gasteiger partial charge in [0.25, 0.3) is 0 Å². The Morgan fingerprint density at radius 3 is 2.67 bits per heavy atom. The zero-order valence-corrected chi connectivity index (χ0v) is 10.8. The van der Waals surface area contributed by atoms with E-state index in [1.165, 1.54) is 13.2 Å². The fourth-order valence-corrected chi connectivity index (χ4v) is 1.51. The van der Waals surface area contributed by atoms with Gasteiger partial charge in [0.2, 0.25) is 0 Å². The molecule has 0 aliphatic rings. The van der Waals surface area contributed by atoms with Crippen LogP contribution in [0.3, 0.4) is 0 Å². The molecule has 0 spiro atoms. The summed E-state index contributed by atoms with van der Waals surface area (Å²) in [5.41, 5.74) is 0.0959. The molecule has 5 nitrogen and oxygen atoms in total. The first-order valence-electron chi connectivity index (χ1n) is 5.66. The molecule has 1 aromatic carbocycles. The lowest BCUT2D eigenvalue weighted by Gasteiger charge is -2.18. The Morgan fingerprint density at radius 1 is 1.39 bits per heavy atom. The number of rotatable bonds is 7. The van der Waals surface area contributed by atoms with Crippen molar-refractivity contribution in [2.75, 3.05) is 20.8 Å². The Hall–Kier alpha value is -1.75. The SMILES string of the molecule is COCCC(C)Oc1c(OC)cccc1C(=O)O. The van der Waals surface area contributed by atoms with Crippen molar-refractivity contribution in [1.29, 1.82) is 0 Å². The normalized spacial score (nSPS) is 11.9. The third-order valence-corrected chi connectivity index (χ3v) is 2.48. The number of carbonyl (C=O) groups is 1. The summed E-state index contributed by atoms with van der Waals surface area (Å²) in [6, 6.07) is 4.78. The van der Waals surface area contributed by atoms with E-state index >= 15 is 0 Å². The van der Waals surface area contributed by atoms with Gasteiger partial charge in [0, 0.05) is 20.1 Å². The summed E-state index contributed by atoms with van der Waals surface area (Å²) in [6.45, 7) is 2.41. The first-order chi connectivity index (χ1) is 8.60. The van der Waals surface area contributed by atoms with Crippen molar-refractivity contribution in [3.8, 4) is 11.5 Å². The van der Waals surface area contributed by atoms with E-state index in [-0.39, 0.29) is 17.4 Å². The van der Waals surface area contributed by atoms with Gasteiger partial charge in [-0.2, -0.15) is 0 Å². The van der Waals surface area contributed by atoms with Crippen LogP contribution in [0.4, 0.5) is 0 Å². The number of carboxylic acid groups (broad SMARTS) is 1. The van der Waals surface area contributed by atoms with Gasteiger partial charge in [-0.25, -0.2) is 4.79 Å². The van der Waals surface area contributed by atoms with E-state index in [0.29, 0.717) is 18.8 Å². The van der Waals surface area contributed by atoms with Crippen LogP contribution in [-0.4, -0.2) is 38.0 Å². The summed E-state index contributed by atoms with van der Waals surface area (Å²) in [7, 11) is 3.09. The lowest BCUT2D eigenvalue weighted by molar-refractivity contribution is 0.0686. The second-order valence-corrected chi connectivity index (χ2v) is 3.85. The predicted octanol–water partition coefficient (Wildman–Crippen LogP) is 2.20. The van der Waals surface area contributed by atoms with Crippen molar-refractivity contribution in [2.24, 2.45) is 0 Å². The first kappa shape index (κ1) is 14.3. The molecule has 0 saturated carbocycles. The fraction of sp³-hybridized carbons (Fsp3) is 0.462. The molecule has 0 amide bonds. The van der Waals surface area contributed by atoms with E-state index in [1.807, 2.05) is 6.92 Å². The number of carboxylic acids is 1. The zero-order chi connectivity index (χ0) is 13.5. The maximum absolute atomic E-state index is 11.1. The van der Waals surface area contributed by atoms with Crippen molar-refractivity contribution in [2.45, 2.75) is 19.4 Å². The van der Waals surface area contributed by atoms with Crippen molar-refractivity contribution in [1.82, 2.24) is 0 Å². The number of ether oxygens (including phenoxy) is 3. The van der Waals surface area contributed by atoms with Gasteiger partial charge in [-0.1, -0.05) is 6.07 Å². The summed E-state index contributed by atoms with van der Waals surface area (Å²) >= 11 is 0. The molecule has 100 valence electrons. The Kier molecular flexibility index (Phi) is 5.45. The molecule has 1 unspecified atom stereocenters. The van der Waals surface area contributed by atoms with E-state index in [2.05, 4.69) is 0 Å². The quantitative estimate of drug-likeness (QED) is 0.808. The standard InChI is InChI=1S/C13H18O5/c1-9(7-8-16-2)18-12-10(13(14)15)5-4-6-11(12)17-3/h4-6,9H,7-8H2,1-3H3,(H,14,15). The Morgan fingerprint density at radius 2 is 2.11 bits per heavy atom. The summed E-state index contributed by atoms with van der Waals surface area (Å²) in [5, 5.41) is 9.11. The topological polar surface area (TPSA) is 65.0 Å². The van der Waals surface area contributed by atoms with E-state index in [4.69, 9.17) is 19.3 Å².